The number of benzene rings is 1. The van der Waals surface area contributed by atoms with Crippen LogP contribution in [0, 0.1) is 28.6 Å². The van der Waals surface area contributed by atoms with E-state index in [1.165, 1.54) is 84.5 Å². The summed E-state index contributed by atoms with van der Waals surface area (Å²) in [4.78, 5) is 30.6. The molecule has 1 aliphatic heterocycles. The van der Waals surface area contributed by atoms with Gasteiger partial charge in [0.05, 0.1) is 42.0 Å². The van der Waals surface area contributed by atoms with Gasteiger partial charge in [-0.15, -0.1) is 0 Å². The molecule has 5 saturated carbocycles. The Bertz CT molecular complexity index is 1780. The van der Waals surface area contributed by atoms with Crippen molar-refractivity contribution < 1.29 is 58.4 Å². The molecule has 15 atom stereocenters. The molecule has 13 heteroatoms. The zero-order valence-corrected chi connectivity index (χ0v) is 38.5. The fourth-order valence-electron chi connectivity index (χ4n) is 14.6. The first-order chi connectivity index (χ1) is 30.3. The van der Waals surface area contributed by atoms with E-state index in [-0.39, 0.29) is 18.6 Å². The van der Waals surface area contributed by atoms with Crippen LogP contribution >= 0.6 is 0 Å². The molecule has 1 saturated heterocycles. The first-order valence-electron chi connectivity index (χ1n) is 23.8. The number of aliphatic hydroxyl groups is 4. The van der Waals surface area contributed by atoms with Crippen LogP contribution in [-0.2, 0) is 33.2 Å². The van der Waals surface area contributed by atoms with Crippen LogP contribution < -0.4 is 0 Å². The number of esters is 2. The summed E-state index contributed by atoms with van der Waals surface area (Å²) >= 11 is 0. The Balaban J connectivity index is 1.20. The zero-order valence-electron chi connectivity index (χ0n) is 38.5. The number of nitrogens with zero attached hydrogens (tertiary/aromatic N) is 1. The molecule has 1 aromatic carbocycles. The maximum absolute atomic E-state index is 14.4. The van der Waals surface area contributed by atoms with Crippen molar-refractivity contribution in [1.82, 2.24) is 4.90 Å². The molecule has 7 bridgehead atoms. The van der Waals surface area contributed by atoms with Gasteiger partial charge in [-0.25, -0.2) is 9.59 Å². The highest BCUT2D eigenvalue weighted by Gasteiger charge is 2.96. The summed E-state index contributed by atoms with van der Waals surface area (Å²) in [6.07, 6.45) is 15.2. The van der Waals surface area contributed by atoms with Crippen molar-refractivity contribution in [3.05, 3.63) is 60.2 Å². The van der Waals surface area contributed by atoms with E-state index in [9.17, 15) is 30.0 Å². The third-order valence-corrected chi connectivity index (χ3v) is 16.6. The van der Waals surface area contributed by atoms with Gasteiger partial charge in [-0.3, -0.25) is 0 Å². The number of hydrogen-bond acceptors (Lipinski definition) is 13. The zero-order chi connectivity index (χ0) is 45.2. The standard InChI is InChI=1S/C50H75NO12/c1-7-8-9-10-11-12-13-14-15-16-17-18-19-20-21-25-28-36(53)63-50-37-38(60-5)39-46(32-58-3)31-51(2)41(37)49(39,35(59-4)29-34(46)52)48(57)30-47(56,44(61-6)42(50)54)43(40(48)50)62-45(55)33-26-23-22-24-27-33/h20-28,34-35,37-44,52,54,56-57H,7-19,29-32H2,1-6H3/b21-20+,28-25+/t34-,35+,37+,38+,39-,40+,41?,42+,43-,44+,46+,47-,48+,49-,50+/m1/s1. The van der Waals surface area contributed by atoms with Crippen molar-refractivity contribution in [2.24, 2.45) is 28.6 Å². The van der Waals surface area contributed by atoms with Gasteiger partial charge in [0.25, 0.3) is 0 Å². The summed E-state index contributed by atoms with van der Waals surface area (Å²) in [7, 11) is 7.87. The number of carbonyl (C=O) groups excluding carboxylic acids is 2. The highest BCUT2D eigenvalue weighted by Crippen LogP contribution is 2.81. The third kappa shape index (κ3) is 7.57. The number of allylic oxidation sites excluding steroid dienone is 3. The maximum Gasteiger partial charge on any atom is 0.338 e. The molecule has 5 aliphatic carbocycles. The van der Waals surface area contributed by atoms with E-state index >= 15 is 0 Å². The van der Waals surface area contributed by atoms with E-state index in [2.05, 4.69) is 6.92 Å². The van der Waals surface area contributed by atoms with Crippen molar-refractivity contribution in [3.63, 3.8) is 0 Å². The number of unbranched alkanes of at least 4 members (excludes halogenated alkanes) is 12. The van der Waals surface area contributed by atoms with Crippen molar-refractivity contribution >= 4 is 11.9 Å². The van der Waals surface area contributed by atoms with Gasteiger partial charge in [0.2, 0.25) is 0 Å². The van der Waals surface area contributed by atoms with Gasteiger partial charge in [-0.1, -0.05) is 114 Å². The number of hydrogen-bond donors (Lipinski definition) is 4. The molecule has 7 rings (SSSR count). The van der Waals surface area contributed by atoms with Crippen molar-refractivity contribution in [1.29, 1.82) is 0 Å². The number of carbonyl (C=O) groups is 2. The molecule has 1 heterocycles. The lowest BCUT2D eigenvalue weighted by atomic mass is 9.40. The van der Waals surface area contributed by atoms with E-state index in [0.29, 0.717) is 6.54 Å². The van der Waals surface area contributed by atoms with Gasteiger partial charge in [0, 0.05) is 82.6 Å². The van der Waals surface area contributed by atoms with Crippen LogP contribution in [0.4, 0.5) is 0 Å². The topological polar surface area (TPSA) is 174 Å². The van der Waals surface area contributed by atoms with E-state index < -0.39 is 106 Å². The molecular formula is C50H75NO12. The van der Waals surface area contributed by atoms with E-state index in [1.54, 1.807) is 50.6 Å². The van der Waals surface area contributed by atoms with Gasteiger partial charge in [0.1, 0.15) is 23.9 Å². The van der Waals surface area contributed by atoms with Crippen molar-refractivity contribution in [2.45, 2.75) is 163 Å². The Kier molecular flexibility index (Phi) is 15.0. The molecular weight excluding hydrogens is 807 g/mol. The second-order valence-corrected chi connectivity index (χ2v) is 19.7. The number of ether oxygens (including phenoxy) is 6. The van der Waals surface area contributed by atoms with Gasteiger partial charge >= 0.3 is 11.9 Å². The first-order valence-corrected chi connectivity index (χ1v) is 23.8. The average molecular weight is 882 g/mol. The van der Waals surface area contributed by atoms with Crippen LogP contribution in [0.25, 0.3) is 0 Å². The van der Waals surface area contributed by atoms with Crippen LogP contribution in [0.15, 0.2) is 54.6 Å². The molecule has 1 unspecified atom stereocenters. The molecule has 0 amide bonds. The Morgan fingerprint density at radius 3 is 2.08 bits per heavy atom. The molecule has 0 radical (unpaired) electrons. The van der Waals surface area contributed by atoms with Gasteiger partial charge in [0.15, 0.2) is 5.60 Å². The van der Waals surface area contributed by atoms with E-state index in [0.717, 1.165) is 19.3 Å². The molecule has 4 N–H and O–H groups in total. The second kappa shape index (κ2) is 19.6. The Labute approximate surface area is 374 Å². The Hall–Kier alpha value is -2.72. The summed E-state index contributed by atoms with van der Waals surface area (Å²) < 4.78 is 37.8. The van der Waals surface area contributed by atoms with Crippen LogP contribution in [0.2, 0.25) is 0 Å². The largest absolute Gasteiger partial charge is 0.455 e. The summed E-state index contributed by atoms with van der Waals surface area (Å²) in [5.41, 5.74) is -8.42. The van der Waals surface area contributed by atoms with Gasteiger partial charge in [-0.2, -0.15) is 0 Å². The lowest BCUT2D eigenvalue weighted by molar-refractivity contribution is -0.353. The summed E-state index contributed by atoms with van der Waals surface area (Å²) in [6.45, 7) is 2.68. The first kappa shape index (κ1) is 48.2. The molecule has 63 heavy (non-hydrogen) atoms. The van der Waals surface area contributed by atoms with Crippen LogP contribution in [-0.4, -0.2) is 145 Å². The van der Waals surface area contributed by atoms with E-state index in [1.807, 2.05) is 24.1 Å². The quantitative estimate of drug-likeness (QED) is 0.0467. The SMILES string of the molecule is CCCCCCCCCCCCCC/C=C/C=C/C(=O)O[C@@]12[C@@H]3C4N(C)C[C@]5(COC)[C@H](O)C[C@H](OC)[C@]4([C@@H]5[C@H]3OC)[C@]3(O)C[C@@](O)([C@H](OC(=O)c4ccccc4)[C@H]13)[C@@H](OC)[C@@H]2O. The van der Waals surface area contributed by atoms with Crippen LogP contribution in [0.3, 0.4) is 0 Å². The summed E-state index contributed by atoms with van der Waals surface area (Å²) in [5, 5.41) is 52.2. The van der Waals surface area contributed by atoms with Crippen molar-refractivity contribution in [2.75, 3.05) is 48.6 Å². The van der Waals surface area contributed by atoms with Crippen LogP contribution in [0.5, 0.6) is 0 Å². The summed E-state index contributed by atoms with van der Waals surface area (Å²) in [5.74, 6) is -4.55. The van der Waals surface area contributed by atoms with Gasteiger partial charge < -0.3 is 53.7 Å². The third-order valence-electron chi connectivity index (χ3n) is 16.6. The highest BCUT2D eigenvalue weighted by molar-refractivity contribution is 5.89. The molecule has 13 nitrogen and oxygen atoms in total. The highest BCUT2D eigenvalue weighted by atomic mass is 16.6. The molecule has 1 aromatic rings. The monoisotopic (exact) mass is 882 g/mol. The average Bonchev–Trinajstić information content (AvgIpc) is 3.64. The van der Waals surface area contributed by atoms with E-state index in [4.69, 9.17) is 28.4 Å². The normalized spacial score (nSPS) is 41.1. The fraction of sp³-hybridized carbons (Fsp3) is 0.760. The predicted octanol–water partition coefficient (Wildman–Crippen LogP) is 5.56. The molecule has 1 spiro atoms. The number of piperidine rings is 1. The minimum absolute atomic E-state index is 0.0997. The fourth-order valence-corrected chi connectivity index (χ4v) is 14.6. The molecule has 0 aromatic heterocycles. The minimum Gasteiger partial charge on any atom is -0.455 e. The van der Waals surface area contributed by atoms with Gasteiger partial charge in [-0.05, 0) is 32.0 Å². The number of methoxy groups -OCH3 is 4. The maximum atomic E-state index is 14.4. The number of fused-ring (bicyclic) bond motifs is 2. The molecule has 6 aliphatic rings. The van der Waals surface area contributed by atoms with Crippen LogP contribution in [0.1, 0.15) is 114 Å². The minimum atomic E-state index is -2.16. The number of likely N-dealkylation sites (tertiary alicyclic amines) is 1. The Morgan fingerprint density at radius 2 is 1.48 bits per heavy atom. The second-order valence-electron chi connectivity index (χ2n) is 19.7. The Morgan fingerprint density at radius 1 is 0.825 bits per heavy atom. The predicted molar refractivity (Wildman–Crippen MR) is 236 cm³/mol. The lowest BCUT2D eigenvalue weighted by Gasteiger charge is -2.72. The lowest BCUT2D eigenvalue weighted by Crippen LogP contribution is -2.85. The molecule has 352 valence electrons. The van der Waals surface area contributed by atoms with Crippen molar-refractivity contribution in [3.8, 4) is 0 Å². The molecule has 6 fully saturated rings. The number of rotatable bonds is 23. The summed E-state index contributed by atoms with van der Waals surface area (Å²) in [6, 6.07) is 7.65. The number of aliphatic hydroxyl groups excluding tert-OH is 2. The smallest absolute Gasteiger partial charge is 0.338 e.